The van der Waals surface area contributed by atoms with Crippen LogP contribution in [0.4, 0.5) is 11.5 Å². The molecular formula is C22H24N4O2S. The van der Waals surface area contributed by atoms with Gasteiger partial charge in [0.2, 0.25) is 0 Å². The van der Waals surface area contributed by atoms with E-state index in [0.29, 0.717) is 10.2 Å². The van der Waals surface area contributed by atoms with Gasteiger partial charge < -0.3 is 21.5 Å². The molecule has 0 radical (unpaired) electrons. The quantitative estimate of drug-likeness (QED) is 0.603. The fraction of sp³-hybridized carbons (Fsp3) is 0.273. The molecule has 1 saturated heterocycles. The maximum atomic E-state index is 11.6. The summed E-state index contributed by atoms with van der Waals surface area (Å²) in [5.74, 6) is -0.184. The van der Waals surface area contributed by atoms with Gasteiger partial charge in [0.1, 0.15) is 15.5 Å². The Bertz CT molecular complexity index is 1100. The first-order valence-electron chi connectivity index (χ1n) is 9.64. The molecule has 1 aromatic carbocycles. The van der Waals surface area contributed by atoms with E-state index >= 15 is 0 Å². The zero-order chi connectivity index (χ0) is 20.5. The molecule has 0 spiro atoms. The van der Waals surface area contributed by atoms with Gasteiger partial charge >= 0.3 is 5.97 Å². The van der Waals surface area contributed by atoms with Crippen LogP contribution in [0.2, 0.25) is 0 Å². The third-order valence-corrected chi connectivity index (χ3v) is 6.36. The number of hydrogen-bond acceptors (Lipinski definition) is 6. The highest BCUT2D eigenvalue weighted by atomic mass is 32.1. The van der Waals surface area contributed by atoms with Crippen molar-refractivity contribution in [3.8, 4) is 0 Å². The van der Waals surface area contributed by atoms with Crippen molar-refractivity contribution in [3.63, 3.8) is 0 Å². The molecule has 4 rings (SSSR count). The average Bonchev–Trinajstić information content (AvgIpc) is 3.04. The molecule has 6 nitrogen and oxygen atoms in total. The van der Waals surface area contributed by atoms with Gasteiger partial charge in [0.25, 0.3) is 0 Å². The van der Waals surface area contributed by atoms with Crippen LogP contribution in [0.3, 0.4) is 0 Å². The summed E-state index contributed by atoms with van der Waals surface area (Å²) in [6.07, 6.45) is 5.85. The maximum absolute atomic E-state index is 11.6. The molecule has 1 aliphatic rings. The summed E-state index contributed by atoms with van der Waals surface area (Å²) in [4.78, 5) is 19.3. The Kier molecular flexibility index (Phi) is 5.25. The van der Waals surface area contributed by atoms with Crippen molar-refractivity contribution in [3.05, 3.63) is 51.9 Å². The molecule has 0 atom stereocenters. The lowest BCUT2D eigenvalue weighted by molar-refractivity contribution is 0.0703. The number of anilines is 2. The molecule has 5 N–H and O–H groups in total. The highest BCUT2D eigenvalue weighted by Gasteiger charge is 2.22. The summed E-state index contributed by atoms with van der Waals surface area (Å²) in [5.41, 5.74) is 15.7. The van der Waals surface area contributed by atoms with Crippen molar-refractivity contribution in [2.24, 2.45) is 5.73 Å². The van der Waals surface area contributed by atoms with E-state index in [1.807, 2.05) is 30.4 Å². The molecule has 0 aliphatic carbocycles. The summed E-state index contributed by atoms with van der Waals surface area (Å²) < 4.78 is 0. The molecule has 7 heteroatoms. The number of fused-ring (bicyclic) bond motifs is 1. The number of hydrogen-bond donors (Lipinski definition) is 3. The van der Waals surface area contributed by atoms with Crippen molar-refractivity contribution < 1.29 is 9.90 Å². The van der Waals surface area contributed by atoms with Gasteiger partial charge in [0, 0.05) is 24.5 Å². The molecular weight excluding hydrogens is 384 g/mol. The molecule has 29 heavy (non-hydrogen) atoms. The number of rotatable bonds is 4. The lowest BCUT2D eigenvalue weighted by Crippen LogP contribution is -2.40. The standard InChI is InChI=1S/C22H24N4O2S/c1-13-3-2-4-14(11-13)5-6-15-12-17(26-9-7-16(23)8-10-26)25-21-18(15)19(24)20(29-21)22(27)28/h2-6,11-12,16H,7-10,23-24H2,1H3,(H,27,28)/b6-5+. The molecule has 3 aromatic rings. The van der Waals surface area contributed by atoms with E-state index in [0.717, 1.165) is 54.2 Å². The molecule has 150 valence electrons. The van der Waals surface area contributed by atoms with E-state index in [2.05, 4.69) is 24.0 Å². The first kappa shape index (κ1) is 19.4. The lowest BCUT2D eigenvalue weighted by Gasteiger charge is -2.31. The Hall–Kier alpha value is -2.90. The molecule has 0 unspecified atom stereocenters. The predicted octanol–water partition coefficient (Wildman–Crippen LogP) is 3.98. The topological polar surface area (TPSA) is 105 Å². The monoisotopic (exact) mass is 408 g/mol. The van der Waals surface area contributed by atoms with Crippen LogP contribution in [0.1, 0.15) is 39.2 Å². The van der Waals surface area contributed by atoms with Crippen molar-refractivity contribution in [2.75, 3.05) is 23.7 Å². The first-order chi connectivity index (χ1) is 13.9. The predicted molar refractivity (Wildman–Crippen MR) is 121 cm³/mol. The molecule has 1 aliphatic heterocycles. The summed E-state index contributed by atoms with van der Waals surface area (Å²) >= 11 is 1.13. The molecule has 3 heterocycles. The first-order valence-corrected chi connectivity index (χ1v) is 10.5. The Balaban J connectivity index is 1.82. The third-order valence-electron chi connectivity index (χ3n) is 5.27. The number of nitrogens with two attached hydrogens (primary N) is 2. The van der Waals surface area contributed by atoms with Crippen LogP contribution in [0.25, 0.3) is 22.4 Å². The number of carboxylic acid groups (broad SMARTS) is 1. The number of aromatic carboxylic acids is 1. The number of nitrogens with zero attached hydrogens (tertiary/aromatic N) is 2. The molecule has 0 bridgehead atoms. The van der Waals surface area contributed by atoms with E-state index in [-0.39, 0.29) is 16.6 Å². The van der Waals surface area contributed by atoms with Gasteiger partial charge in [-0.1, -0.05) is 42.0 Å². The minimum Gasteiger partial charge on any atom is -0.477 e. The third kappa shape index (κ3) is 3.97. The second-order valence-electron chi connectivity index (χ2n) is 7.47. The normalized spacial score (nSPS) is 15.4. The van der Waals surface area contributed by atoms with Crippen molar-refractivity contribution in [1.82, 2.24) is 4.98 Å². The largest absolute Gasteiger partial charge is 0.477 e. The van der Waals surface area contributed by atoms with Crippen LogP contribution >= 0.6 is 11.3 Å². The van der Waals surface area contributed by atoms with Crippen LogP contribution in [-0.4, -0.2) is 35.2 Å². The molecule has 2 aromatic heterocycles. The second-order valence-corrected chi connectivity index (χ2v) is 8.47. The van der Waals surface area contributed by atoms with Crippen molar-refractivity contribution in [2.45, 2.75) is 25.8 Å². The van der Waals surface area contributed by atoms with Crippen LogP contribution in [0.5, 0.6) is 0 Å². The Morgan fingerprint density at radius 1 is 1.28 bits per heavy atom. The summed E-state index contributed by atoms with van der Waals surface area (Å²) in [7, 11) is 0. The number of aromatic nitrogens is 1. The minimum absolute atomic E-state index is 0.135. The number of carbonyl (C=O) groups is 1. The summed E-state index contributed by atoms with van der Waals surface area (Å²) in [5, 5.41) is 10.2. The zero-order valence-corrected chi connectivity index (χ0v) is 17.1. The summed E-state index contributed by atoms with van der Waals surface area (Å²) in [6.45, 7) is 3.73. The van der Waals surface area contributed by atoms with Crippen LogP contribution in [-0.2, 0) is 0 Å². The van der Waals surface area contributed by atoms with Crippen LogP contribution < -0.4 is 16.4 Å². The van der Waals surface area contributed by atoms with Gasteiger partial charge in [-0.3, -0.25) is 0 Å². The highest BCUT2D eigenvalue weighted by molar-refractivity contribution is 7.21. The smallest absolute Gasteiger partial charge is 0.348 e. The van der Waals surface area contributed by atoms with Crippen LogP contribution in [0.15, 0.2) is 30.3 Å². The van der Waals surface area contributed by atoms with Gasteiger partial charge in [-0.2, -0.15) is 0 Å². The van der Waals surface area contributed by atoms with Crippen molar-refractivity contribution >= 4 is 51.2 Å². The fourth-order valence-corrected chi connectivity index (χ4v) is 4.64. The van der Waals surface area contributed by atoms with E-state index in [9.17, 15) is 9.90 Å². The lowest BCUT2D eigenvalue weighted by atomic mass is 10.0. The fourth-order valence-electron chi connectivity index (χ4n) is 3.68. The van der Waals surface area contributed by atoms with E-state index in [4.69, 9.17) is 16.5 Å². The van der Waals surface area contributed by atoms with Crippen molar-refractivity contribution in [1.29, 1.82) is 0 Å². The second kappa shape index (κ2) is 7.85. The van der Waals surface area contributed by atoms with E-state index in [1.54, 1.807) is 0 Å². The van der Waals surface area contributed by atoms with Gasteiger partial charge in [-0.15, -0.1) is 11.3 Å². The van der Waals surface area contributed by atoms with E-state index in [1.165, 1.54) is 5.56 Å². The zero-order valence-electron chi connectivity index (χ0n) is 16.3. The molecule has 0 amide bonds. The summed E-state index contributed by atoms with van der Waals surface area (Å²) in [6, 6.07) is 10.4. The Morgan fingerprint density at radius 3 is 2.72 bits per heavy atom. The SMILES string of the molecule is Cc1cccc(/C=C/c2cc(N3CCC(N)CC3)nc3sc(C(=O)O)c(N)c23)c1. The number of nitrogen functional groups attached to an aromatic ring is 1. The van der Waals surface area contributed by atoms with Gasteiger partial charge in [0.15, 0.2) is 0 Å². The number of pyridine rings is 1. The Labute approximate surface area is 173 Å². The number of carboxylic acids is 1. The number of benzene rings is 1. The molecule has 0 saturated carbocycles. The van der Waals surface area contributed by atoms with Gasteiger partial charge in [-0.05, 0) is 37.0 Å². The van der Waals surface area contributed by atoms with E-state index < -0.39 is 5.97 Å². The maximum Gasteiger partial charge on any atom is 0.348 e. The van der Waals surface area contributed by atoms with Gasteiger partial charge in [0.05, 0.1) is 5.69 Å². The highest BCUT2D eigenvalue weighted by Crippen LogP contribution is 2.38. The molecule has 1 fully saturated rings. The number of piperidine rings is 1. The minimum atomic E-state index is -1.02. The Morgan fingerprint density at radius 2 is 2.03 bits per heavy atom. The van der Waals surface area contributed by atoms with Gasteiger partial charge in [-0.25, -0.2) is 9.78 Å². The van der Waals surface area contributed by atoms with Crippen LogP contribution in [0, 0.1) is 6.92 Å². The number of thiophene rings is 1. The number of aryl methyl sites for hydroxylation is 1. The average molecular weight is 409 g/mol.